The fourth-order valence-electron chi connectivity index (χ4n) is 2.17. The van der Waals surface area contributed by atoms with Crippen LogP contribution in [0.1, 0.15) is 17.2 Å². The van der Waals surface area contributed by atoms with Crippen molar-refractivity contribution in [1.29, 1.82) is 0 Å². The maximum atomic E-state index is 10.3. The quantitative estimate of drug-likeness (QED) is 0.870. The lowest BCUT2D eigenvalue weighted by molar-refractivity contribution is 0.0623. The molecule has 2 nitrogen and oxygen atoms in total. The summed E-state index contributed by atoms with van der Waals surface area (Å²) in [5, 5.41) is 10.3. The monoisotopic (exact) mass is 238 g/mol. The van der Waals surface area contributed by atoms with Gasteiger partial charge in [-0.25, -0.2) is 0 Å². The van der Waals surface area contributed by atoms with Crippen LogP contribution in [0.2, 0.25) is 0 Å². The number of ether oxygens (including phenoxy) is 1. The highest BCUT2D eigenvalue weighted by Crippen LogP contribution is 2.30. The van der Waals surface area contributed by atoms with Crippen LogP contribution in [-0.4, -0.2) is 11.2 Å². The molecule has 2 heteroatoms. The molecule has 0 heterocycles. The molecule has 0 amide bonds. The van der Waals surface area contributed by atoms with Crippen LogP contribution in [0.3, 0.4) is 0 Å². The van der Waals surface area contributed by atoms with Crippen LogP contribution < -0.4 is 4.74 Å². The first-order valence-corrected chi connectivity index (χ1v) is 6.01. The average molecular weight is 238 g/mol. The summed E-state index contributed by atoms with van der Waals surface area (Å²) in [6, 6.07) is 17.4. The van der Waals surface area contributed by atoms with E-state index in [9.17, 15) is 5.11 Å². The fraction of sp³-hybridized carbons (Fsp3) is 0.125. The second kappa shape index (κ2) is 4.67. The van der Waals surface area contributed by atoms with Gasteiger partial charge in [0.05, 0.1) is 0 Å². The molecule has 3 rings (SSSR count). The van der Waals surface area contributed by atoms with E-state index in [-0.39, 0.29) is 6.10 Å². The van der Waals surface area contributed by atoms with Gasteiger partial charge in [0.2, 0.25) is 0 Å². The second-order valence-electron chi connectivity index (χ2n) is 4.33. The van der Waals surface area contributed by atoms with E-state index in [4.69, 9.17) is 4.74 Å². The molecule has 0 aromatic heterocycles. The van der Waals surface area contributed by atoms with Crippen LogP contribution in [0.5, 0.6) is 5.75 Å². The molecule has 0 bridgehead atoms. The van der Waals surface area contributed by atoms with Crippen molar-refractivity contribution in [3.05, 3.63) is 71.8 Å². The molecule has 18 heavy (non-hydrogen) atoms. The summed E-state index contributed by atoms with van der Waals surface area (Å²) in [7, 11) is 0. The van der Waals surface area contributed by atoms with Crippen LogP contribution in [0.25, 0.3) is 6.08 Å². The fourth-order valence-corrected chi connectivity index (χ4v) is 2.17. The SMILES string of the molecule is OC1c2ccccc2C=C[C@@H]1Oc1ccccc1. The third kappa shape index (κ3) is 2.03. The van der Waals surface area contributed by atoms with Crippen molar-refractivity contribution in [2.75, 3.05) is 0 Å². The standard InChI is InChI=1S/C16H14O2/c17-16-14-9-5-4-6-12(14)10-11-15(16)18-13-7-2-1-3-8-13/h1-11,15-17H/t15-,16?/m0/s1. The minimum Gasteiger partial charge on any atom is -0.483 e. The number of fused-ring (bicyclic) bond motifs is 1. The highest BCUT2D eigenvalue weighted by molar-refractivity contribution is 5.58. The van der Waals surface area contributed by atoms with Gasteiger partial charge in [0.1, 0.15) is 18.0 Å². The molecule has 0 spiro atoms. The zero-order valence-electron chi connectivity index (χ0n) is 9.86. The first-order chi connectivity index (χ1) is 8.84. The molecule has 1 unspecified atom stereocenters. The van der Waals surface area contributed by atoms with Crippen molar-refractivity contribution in [1.82, 2.24) is 0 Å². The molecule has 0 radical (unpaired) electrons. The molecule has 0 aliphatic heterocycles. The maximum Gasteiger partial charge on any atom is 0.147 e. The number of hydrogen-bond acceptors (Lipinski definition) is 2. The highest BCUT2D eigenvalue weighted by atomic mass is 16.5. The predicted octanol–water partition coefficient (Wildman–Crippen LogP) is 3.19. The zero-order valence-corrected chi connectivity index (χ0v) is 9.86. The Morgan fingerprint density at radius 3 is 2.44 bits per heavy atom. The topological polar surface area (TPSA) is 29.5 Å². The Balaban J connectivity index is 1.85. The Bertz CT molecular complexity index is 560. The van der Waals surface area contributed by atoms with Crippen LogP contribution in [0.15, 0.2) is 60.7 Å². The Hall–Kier alpha value is -2.06. The van der Waals surface area contributed by atoms with E-state index >= 15 is 0 Å². The van der Waals surface area contributed by atoms with E-state index < -0.39 is 6.10 Å². The molecule has 1 N–H and O–H groups in total. The summed E-state index contributed by atoms with van der Waals surface area (Å²) in [5.74, 6) is 0.769. The second-order valence-corrected chi connectivity index (χ2v) is 4.33. The Morgan fingerprint density at radius 2 is 1.61 bits per heavy atom. The van der Waals surface area contributed by atoms with Gasteiger partial charge in [0.15, 0.2) is 0 Å². The number of para-hydroxylation sites is 1. The zero-order chi connectivity index (χ0) is 12.4. The summed E-state index contributed by atoms with van der Waals surface area (Å²) >= 11 is 0. The largest absolute Gasteiger partial charge is 0.483 e. The Labute approximate surface area is 106 Å². The van der Waals surface area contributed by atoms with Crippen molar-refractivity contribution in [2.45, 2.75) is 12.2 Å². The number of benzene rings is 2. The lowest BCUT2D eigenvalue weighted by atomic mass is 9.93. The molecule has 1 aliphatic rings. The molecular formula is C16H14O2. The van der Waals surface area contributed by atoms with Crippen molar-refractivity contribution >= 4 is 6.08 Å². The molecular weight excluding hydrogens is 224 g/mol. The maximum absolute atomic E-state index is 10.3. The number of aliphatic hydroxyl groups is 1. The van der Waals surface area contributed by atoms with Gasteiger partial charge >= 0.3 is 0 Å². The van der Waals surface area contributed by atoms with Crippen molar-refractivity contribution in [3.63, 3.8) is 0 Å². The van der Waals surface area contributed by atoms with Gasteiger partial charge in [-0.15, -0.1) is 0 Å². The molecule has 90 valence electrons. The average Bonchev–Trinajstić information content (AvgIpc) is 2.43. The minimum atomic E-state index is -0.619. The predicted molar refractivity (Wildman–Crippen MR) is 71.3 cm³/mol. The molecule has 0 saturated heterocycles. The van der Waals surface area contributed by atoms with E-state index in [1.807, 2.05) is 66.7 Å². The highest BCUT2D eigenvalue weighted by Gasteiger charge is 2.25. The first kappa shape index (κ1) is 11.1. The lowest BCUT2D eigenvalue weighted by Crippen LogP contribution is -2.25. The van der Waals surface area contributed by atoms with Crippen molar-refractivity contribution in [2.24, 2.45) is 0 Å². The molecule has 1 aliphatic carbocycles. The van der Waals surface area contributed by atoms with E-state index in [0.717, 1.165) is 16.9 Å². The van der Waals surface area contributed by atoms with Crippen LogP contribution in [0.4, 0.5) is 0 Å². The molecule has 0 fully saturated rings. The summed E-state index contributed by atoms with van der Waals surface area (Å²) < 4.78 is 5.79. The molecule has 2 atom stereocenters. The summed E-state index contributed by atoms with van der Waals surface area (Å²) in [6.07, 6.45) is 2.95. The third-order valence-electron chi connectivity index (χ3n) is 3.11. The van der Waals surface area contributed by atoms with Crippen molar-refractivity contribution < 1.29 is 9.84 Å². The van der Waals surface area contributed by atoms with Gasteiger partial charge in [-0.2, -0.15) is 0 Å². The van der Waals surface area contributed by atoms with Gasteiger partial charge in [-0.3, -0.25) is 0 Å². The molecule has 0 saturated carbocycles. The van der Waals surface area contributed by atoms with E-state index in [0.29, 0.717) is 0 Å². The Morgan fingerprint density at radius 1 is 0.889 bits per heavy atom. The van der Waals surface area contributed by atoms with Crippen LogP contribution >= 0.6 is 0 Å². The number of aliphatic hydroxyl groups excluding tert-OH is 1. The van der Waals surface area contributed by atoms with Crippen LogP contribution in [0, 0.1) is 0 Å². The molecule has 2 aromatic carbocycles. The first-order valence-electron chi connectivity index (χ1n) is 6.01. The van der Waals surface area contributed by atoms with E-state index in [2.05, 4.69) is 0 Å². The Kier molecular flexibility index (Phi) is 2.87. The van der Waals surface area contributed by atoms with Gasteiger partial charge in [0, 0.05) is 0 Å². The van der Waals surface area contributed by atoms with Gasteiger partial charge in [-0.1, -0.05) is 48.5 Å². The molecule has 2 aromatic rings. The van der Waals surface area contributed by atoms with Gasteiger partial charge < -0.3 is 9.84 Å². The van der Waals surface area contributed by atoms with E-state index in [1.165, 1.54) is 0 Å². The summed E-state index contributed by atoms with van der Waals surface area (Å²) in [4.78, 5) is 0. The van der Waals surface area contributed by atoms with Crippen molar-refractivity contribution in [3.8, 4) is 5.75 Å². The van der Waals surface area contributed by atoms with Gasteiger partial charge in [-0.05, 0) is 29.3 Å². The van der Waals surface area contributed by atoms with Crippen LogP contribution in [-0.2, 0) is 0 Å². The number of rotatable bonds is 2. The summed E-state index contributed by atoms with van der Waals surface area (Å²) in [5.41, 5.74) is 1.97. The lowest BCUT2D eigenvalue weighted by Gasteiger charge is -2.26. The van der Waals surface area contributed by atoms with E-state index in [1.54, 1.807) is 0 Å². The smallest absolute Gasteiger partial charge is 0.147 e. The minimum absolute atomic E-state index is 0.331. The van der Waals surface area contributed by atoms with Gasteiger partial charge in [0.25, 0.3) is 0 Å². The third-order valence-corrected chi connectivity index (χ3v) is 3.11. The normalized spacial score (nSPS) is 21.4. The summed E-state index contributed by atoms with van der Waals surface area (Å²) in [6.45, 7) is 0. The number of hydrogen-bond donors (Lipinski definition) is 1.